The van der Waals surface area contributed by atoms with Crippen LogP contribution in [0, 0.1) is 0 Å². The zero-order valence-electron chi connectivity index (χ0n) is 16.6. The number of imide groups is 1. The molecule has 2 heterocycles. The average molecular weight is 404 g/mol. The van der Waals surface area contributed by atoms with Gasteiger partial charge in [-0.3, -0.25) is 19.5 Å². The first kappa shape index (κ1) is 19.8. The highest BCUT2D eigenvalue weighted by molar-refractivity contribution is 6.07. The van der Waals surface area contributed by atoms with Gasteiger partial charge in [-0.25, -0.2) is 4.79 Å². The Morgan fingerprint density at radius 3 is 2.73 bits per heavy atom. The molecule has 4 rings (SSSR count). The number of carbonyl (C=O) groups is 3. The second-order valence-corrected chi connectivity index (χ2v) is 7.69. The first-order valence-electron chi connectivity index (χ1n) is 10.2. The summed E-state index contributed by atoms with van der Waals surface area (Å²) in [5.41, 5.74) is 1.70. The van der Waals surface area contributed by atoms with Gasteiger partial charge in [0, 0.05) is 24.8 Å². The van der Waals surface area contributed by atoms with Crippen LogP contribution in [-0.4, -0.2) is 39.8 Å². The molecule has 1 saturated carbocycles. The van der Waals surface area contributed by atoms with E-state index in [-0.39, 0.29) is 24.8 Å². The highest BCUT2D eigenvalue weighted by Gasteiger charge is 2.52. The van der Waals surface area contributed by atoms with E-state index in [0.29, 0.717) is 18.5 Å². The van der Waals surface area contributed by atoms with E-state index < -0.39 is 11.6 Å². The number of rotatable bonds is 6. The van der Waals surface area contributed by atoms with Crippen molar-refractivity contribution in [2.45, 2.75) is 37.6 Å². The maximum absolute atomic E-state index is 12.6. The average Bonchev–Trinajstić information content (AvgIpc) is 3.31. The van der Waals surface area contributed by atoms with E-state index in [9.17, 15) is 14.4 Å². The van der Waals surface area contributed by atoms with Gasteiger partial charge in [-0.15, -0.1) is 0 Å². The van der Waals surface area contributed by atoms with Crippen LogP contribution in [0.4, 0.5) is 10.5 Å². The Bertz CT molecular complexity index is 981. The molecule has 2 fully saturated rings. The Kier molecular flexibility index (Phi) is 5.61. The third kappa shape index (κ3) is 4.25. The molecule has 30 heavy (non-hydrogen) atoms. The Hall–Kier alpha value is -3.48. The second kappa shape index (κ2) is 8.49. The standard InChI is InChI=1S/C23H24N4O3/c28-20(11-15-27-21(29)23(26-22(27)30)12-2-3-13-23)25-19-8-5-6-17(16-19)9-10-18-7-1-4-14-24-18/h1,4-10,14,16H,2-3,11-13,15H2,(H,25,28)(H,26,30)/b10-9+. The van der Waals surface area contributed by atoms with Crippen molar-refractivity contribution in [1.29, 1.82) is 0 Å². The fourth-order valence-corrected chi connectivity index (χ4v) is 4.01. The molecule has 4 amide bonds. The topological polar surface area (TPSA) is 91.4 Å². The van der Waals surface area contributed by atoms with Gasteiger partial charge in [0.25, 0.3) is 5.91 Å². The van der Waals surface area contributed by atoms with Crippen LogP contribution >= 0.6 is 0 Å². The molecule has 2 aliphatic rings. The molecular weight excluding hydrogens is 380 g/mol. The SMILES string of the molecule is O=C(CCN1C(=O)NC2(CCCC2)C1=O)Nc1cccc(/C=C/c2ccccn2)c1. The Balaban J connectivity index is 1.33. The van der Waals surface area contributed by atoms with Crippen LogP contribution in [0.1, 0.15) is 43.4 Å². The number of amides is 4. The number of urea groups is 1. The van der Waals surface area contributed by atoms with E-state index in [1.165, 1.54) is 4.90 Å². The molecule has 1 aromatic carbocycles. The van der Waals surface area contributed by atoms with Gasteiger partial charge in [-0.05, 0) is 48.7 Å². The lowest BCUT2D eigenvalue weighted by Crippen LogP contribution is -2.44. The zero-order valence-corrected chi connectivity index (χ0v) is 16.6. The third-order valence-electron chi connectivity index (χ3n) is 5.57. The fraction of sp³-hybridized carbons (Fsp3) is 0.304. The summed E-state index contributed by atoms with van der Waals surface area (Å²) < 4.78 is 0. The molecule has 1 saturated heterocycles. The Morgan fingerprint density at radius 1 is 1.13 bits per heavy atom. The summed E-state index contributed by atoms with van der Waals surface area (Å²) in [4.78, 5) is 42.6. The van der Waals surface area contributed by atoms with Crippen molar-refractivity contribution < 1.29 is 14.4 Å². The van der Waals surface area contributed by atoms with Crippen LogP contribution < -0.4 is 10.6 Å². The lowest BCUT2D eigenvalue weighted by Gasteiger charge is -2.19. The summed E-state index contributed by atoms with van der Waals surface area (Å²) in [6.45, 7) is 0.0809. The molecule has 0 bridgehead atoms. The largest absolute Gasteiger partial charge is 0.326 e. The molecule has 0 radical (unpaired) electrons. The van der Waals surface area contributed by atoms with Gasteiger partial charge >= 0.3 is 6.03 Å². The summed E-state index contributed by atoms with van der Waals surface area (Å²) in [6.07, 6.45) is 8.85. The first-order valence-corrected chi connectivity index (χ1v) is 10.2. The quantitative estimate of drug-likeness (QED) is 0.722. The van der Waals surface area contributed by atoms with Gasteiger partial charge in [0.15, 0.2) is 0 Å². The number of carbonyl (C=O) groups excluding carboxylic acids is 3. The molecule has 1 aliphatic carbocycles. The number of pyridine rings is 1. The van der Waals surface area contributed by atoms with E-state index >= 15 is 0 Å². The van der Waals surface area contributed by atoms with E-state index in [1.807, 2.05) is 48.6 Å². The van der Waals surface area contributed by atoms with E-state index in [2.05, 4.69) is 15.6 Å². The molecule has 1 aromatic heterocycles. The zero-order chi connectivity index (χ0) is 21.0. The number of anilines is 1. The second-order valence-electron chi connectivity index (χ2n) is 7.69. The summed E-state index contributed by atoms with van der Waals surface area (Å²) in [5, 5.41) is 5.67. The van der Waals surface area contributed by atoms with Crippen LogP contribution in [0.5, 0.6) is 0 Å². The monoisotopic (exact) mass is 404 g/mol. The summed E-state index contributed by atoms with van der Waals surface area (Å²) in [5.74, 6) is -0.437. The van der Waals surface area contributed by atoms with Crippen molar-refractivity contribution in [3.63, 3.8) is 0 Å². The number of aromatic nitrogens is 1. The van der Waals surface area contributed by atoms with Crippen LogP contribution in [0.25, 0.3) is 12.2 Å². The van der Waals surface area contributed by atoms with Crippen molar-refractivity contribution in [2.24, 2.45) is 0 Å². The van der Waals surface area contributed by atoms with Crippen LogP contribution in [0.15, 0.2) is 48.7 Å². The van der Waals surface area contributed by atoms with Crippen molar-refractivity contribution >= 4 is 35.7 Å². The Labute approximate surface area is 175 Å². The number of nitrogens with zero attached hydrogens (tertiary/aromatic N) is 2. The van der Waals surface area contributed by atoms with Gasteiger partial charge in [0.2, 0.25) is 5.91 Å². The van der Waals surface area contributed by atoms with E-state index in [1.54, 1.807) is 12.3 Å². The third-order valence-corrected chi connectivity index (χ3v) is 5.57. The number of hydrogen-bond donors (Lipinski definition) is 2. The maximum atomic E-state index is 12.6. The Morgan fingerprint density at radius 2 is 1.97 bits per heavy atom. The van der Waals surface area contributed by atoms with E-state index in [4.69, 9.17) is 0 Å². The minimum Gasteiger partial charge on any atom is -0.326 e. The van der Waals surface area contributed by atoms with Gasteiger partial charge in [0.05, 0.1) is 5.69 Å². The fourth-order valence-electron chi connectivity index (χ4n) is 4.01. The lowest BCUT2D eigenvalue weighted by atomic mass is 9.98. The summed E-state index contributed by atoms with van der Waals surface area (Å²) >= 11 is 0. The molecule has 1 aliphatic heterocycles. The summed E-state index contributed by atoms with van der Waals surface area (Å²) in [6, 6.07) is 12.8. The van der Waals surface area contributed by atoms with Crippen LogP contribution in [0.3, 0.4) is 0 Å². The molecule has 7 heteroatoms. The van der Waals surface area contributed by atoms with Crippen LogP contribution in [-0.2, 0) is 9.59 Å². The maximum Gasteiger partial charge on any atom is 0.325 e. The number of nitrogens with one attached hydrogen (secondary N) is 2. The van der Waals surface area contributed by atoms with Gasteiger partial charge in [0.1, 0.15) is 5.54 Å². The van der Waals surface area contributed by atoms with Crippen molar-refractivity contribution in [3.05, 3.63) is 59.9 Å². The highest BCUT2D eigenvalue weighted by Crippen LogP contribution is 2.35. The molecule has 0 atom stereocenters. The molecule has 2 aromatic rings. The molecule has 0 unspecified atom stereocenters. The highest BCUT2D eigenvalue weighted by atomic mass is 16.2. The lowest BCUT2D eigenvalue weighted by molar-refractivity contribution is -0.131. The molecule has 154 valence electrons. The van der Waals surface area contributed by atoms with Gasteiger partial charge < -0.3 is 10.6 Å². The summed E-state index contributed by atoms with van der Waals surface area (Å²) in [7, 11) is 0. The van der Waals surface area contributed by atoms with E-state index in [0.717, 1.165) is 24.1 Å². The molecule has 2 N–H and O–H groups in total. The minimum atomic E-state index is -0.734. The number of hydrogen-bond acceptors (Lipinski definition) is 4. The molecule has 1 spiro atoms. The smallest absolute Gasteiger partial charge is 0.325 e. The molecular formula is C23H24N4O3. The predicted octanol–water partition coefficient (Wildman–Crippen LogP) is 3.45. The van der Waals surface area contributed by atoms with Crippen molar-refractivity contribution in [3.8, 4) is 0 Å². The molecule has 7 nitrogen and oxygen atoms in total. The predicted molar refractivity (Wildman–Crippen MR) is 114 cm³/mol. The number of benzene rings is 1. The van der Waals surface area contributed by atoms with Gasteiger partial charge in [-0.1, -0.05) is 37.1 Å². The minimum absolute atomic E-state index is 0.0588. The first-order chi connectivity index (χ1) is 14.6. The normalized spacial score (nSPS) is 17.7. The van der Waals surface area contributed by atoms with Gasteiger partial charge in [-0.2, -0.15) is 0 Å². The van der Waals surface area contributed by atoms with Crippen molar-refractivity contribution in [1.82, 2.24) is 15.2 Å². The van der Waals surface area contributed by atoms with Crippen LogP contribution in [0.2, 0.25) is 0 Å². The van der Waals surface area contributed by atoms with Crippen molar-refractivity contribution in [2.75, 3.05) is 11.9 Å².